The van der Waals surface area contributed by atoms with E-state index < -0.39 is 34.2 Å². The molecule has 0 spiro atoms. The summed E-state index contributed by atoms with van der Waals surface area (Å²) in [5.41, 5.74) is 1.70. The summed E-state index contributed by atoms with van der Waals surface area (Å²) in [6, 6.07) is 15.0. The number of nitrogens with zero attached hydrogens (tertiary/aromatic N) is 2. The van der Waals surface area contributed by atoms with Crippen LogP contribution in [0.2, 0.25) is 0 Å². The minimum atomic E-state index is -1.02. The number of aromatic amines is 1. The number of ether oxygens (including phenoxy) is 1. The fourth-order valence-corrected chi connectivity index (χ4v) is 4.76. The van der Waals surface area contributed by atoms with Gasteiger partial charge in [-0.15, -0.1) is 0 Å². The number of carbonyl (C=O) groups excluding carboxylic acids is 2. The molecule has 0 bridgehead atoms. The number of ketones is 1. The van der Waals surface area contributed by atoms with Gasteiger partial charge in [-0.2, -0.15) is 0 Å². The van der Waals surface area contributed by atoms with E-state index in [4.69, 9.17) is 4.74 Å². The Hall–Kier alpha value is -4.99. The molecule has 38 heavy (non-hydrogen) atoms. The van der Waals surface area contributed by atoms with E-state index in [0.29, 0.717) is 17.7 Å². The van der Waals surface area contributed by atoms with Crippen molar-refractivity contribution in [2.45, 2.75) is 12.5 Å². The summed E-state index contributed by atoms with van der Waals surface area (Å²) in [6.07, 6.45) is 2.19. The number of Topliss-reactive ketones (excluding diaryl/α,β-unsaturated/α-hetero) is 1. The van der Waals surface area contributed by atoms with Crippen molar-refractivity contribution in [1.82, 2.24) is 9.88 Å². The third kappa shape index (κ3) is 4.36. The average Bonchev–Trinajstić information content (AvgIpc) is 3.44. The van der Waals surface area contributed by atoms with Gasteiger partial charge in [-0.3, -0.25) is 19.7 Å². The molecule has 10 heteroatoms. The predicted molar refractivity (Wildman–Crippen MR) is 137 cm³/mol. The van der Waals surface area contributed by atoms with E-state index in [1.807, 2.05) is 24.4 Å². The molecular formula is C28H22FN3O6. The lowest BCUT2D eigenvalue weighted by Gasteiger charge is -2.25. The molecule has 192 valence electrons. The van der Waals surface area contributed by atoms with Crippen LogP contribution in [0.5, 0.6) is 5.75 Å². The predicted octanol–water partition coefficient (Wildman–Crippen LogP) is 4.89. The van der Waals surface area contributed by atoms with Crippen LogP contribution in [0.1, 0.15) is 22.7 Å². The standard InChI is InChI=1S/C28H22FN3O6/c1-38-21-9-10-23-22(14-21)18(15-30-23)11-12-31-25(16-5-7-19(29)8-6-16)24(27(34)28(31)35)26(33)17-3-2-4-20(13-17)32(36)37/h2-10,13-15,25,30,33H,11-12H2,1H3/b26-24-. The van der Waals surface area contributed by atoms with Crippen LogP contribution in [-0.2, 0) is 16.0 Å². The summed E-state index contributed by atoms with van der Waals surface area (Å²) in [7, 11) is 1.57. The SMILES string of the molecule is COc1ccc2[nH]cc(CCN3C(=O)C(=O)/C(=C(\O)c4cccc([N+](=O)[O-])c4)C3c3ccc(F)cc3)c2c1. The summed E-state index contributed by atoms with van der Waals surface area (Å²) in [5, 5.41) is 23.3. The number of hydrogen-bond donors (Lipinski definition) is 2. The highest BCUT2D eigenvalue weighted by Crippen LogP contribution is 2.40. The molecule has 1 amide bonds. The second-order valence-electron chi connectivity index (χ2n) is 8.83. The van der Waals surface area contributed by atoms with Crippen molar-refractivity contribution in [1.29, 1.82) is 0 Å². The second-order valence-corrected chi connectivity index (χ2v) is 8.83. The lowest BCUT2D eigenvalue weighted by atomic mass is 9.95. The number of nitrogens with one attached hydrogen (secondary N) is 1. The number of H-pyrrole nitrogens is 1. The van der Waals surface area contributed by atoms with Gasteiger partial charge < -0.3 is 19.7 Å². The first-order chi connectivity index (χ1) is 18.3. The highest BCUT2D eigenvalue weighted by atomic mass is 19.1. The largest absolute Gasteiger partial charge is 0.507 e. The Morgan fingerprint density at radius 2 is 1.89 bits per heavy atom. The first-order valence-corrected chi connectivity index (χ1v) is 11.7. The van der Waals surface area contributed by atoms with Gasteiger partial charge >= 0.3 is 0 Å². The van der Waals surface area contributed by atoms with Crippen LogP contribution >= 0.6 is 0 Å². The summed E-state index contributed by atoms with van der Waals surface area (Å²) < 4.78 is 19.0. The number of aromatic nitrogens is 1. The van der Waals surface area contributed by atoms with Crippen LogP contribution in [0, 0.1) is 15.9 Å². The molecule has 2 heterocycles. The lowest BCUT2D eigenvalue weighted by Crippen LogP contribution is -2.31. The monoisotopic (exact) mass is 515 g/mol. The number of benzene rings is 3. The van der Waals surface area contributed by atoms with Crippen molar-refractivity contribution < 1.29 is 28.7 Å². The zero-order chi connectivity index (χ0) is 27.0. The van der Waals surface area contributed by atoms with Gasteiger partial charge in [0.2, 0.25) is 0 Å². The fourth-order valence-electron chi connectivity index (χ4n) is 4.76. The maximum atomic E-state index is 13.7. The molecule has 5 rings (SSSR count). The zero-order valence-electron chi connectivity index (χ0n) is 20.2. The van der Waals surface area contributed by atoms with Crippen LogP contribution in [0.4, 0.5) is 10.1 Å². The number of aliphatic hydroxyl groups is 1. The van der Waals surface area contributed by atoms with Crippen molar-refractivity contribution in [3.05, 3.63) is 111 Å². The average molecular weight is 515 g/mol. The van der Waals surface area contributed by atoms with E-state index in [1.165, 1.54) is 47.4 Å². The van der Waals surface area contributed by atoms with Crippen molar-refractivity contribution in [2.75, 3.05) is 13.7 Å². The molecule has 1 saturated heterocycles. The van der Waals surface area contributed by atoms with Gasteiger partial charge in [0.25, 0.3) is 17.4 Å². The maximum absolute atomic E-state index is 13.7. The summed E-state index contributed by atoms with van der Waals surface area (Å²) in [4.78, 5) is 41.6. The number of amides is 1. The number of non-ortho nitro benzene ring substituents is 1. The first-order valence-electron chi connectivity index (χ1n) is 11.7. The minimum Gasteiger partial charge on any atom is -0.507 e. The van der Waals surface area contributed by atoms with E-state index in [0.717, 1.165) is 22.5 Å². The summed E-state index contributed by atoms with van der Waals surface area (Å²) in [6.45, 7) is 0.114. The van der Waals surface area contributed by atoms with Gasteiger partial charge in [-0.05, 0) is 47.9 Å². The molecule has 1 unspecified atom stereocenters. The van der Waals surface area contributed by atoms with Gasteiger partial charge in [0.1, 0.15) is 17.3 Å². The lowest BCUT2D eigenvalue weighted by molar-refractivity contribution is -0.384. The Kier molecular flexibility index (Phi) is 6.38. The number of nitro benzene ring substituents is 1. The Morgan fingerprint density at radius 1 is 1.13 bits per heavy atom. The second kappa shape index (κ2) is 9.81. The summed E-state index contributed by atoms with van der Waals surface area (Å²) in [5.74, 6) is -2.13. The Labute approximate surface area is 215 Å². The quantitative estimate of drug-likeness (QED) is 0.119. The van der Waals surface area contributed by atoms with E-state index in [-0.39, 0.29) is 23.4 Å². The highest BCUT2D eigenvalue weighted by Gasteiger charge is 2.46. The van der Waals surface area contributed by atoms with Crippen molar-refractivity contribution in [3.63, 3.8) is 0 Å². The fraction of sp³-hybridized carbons (Fsp3) is 0.143. The molecule has 1 aliphatic rings. The normalized spacial score (nSPS) is 16.8. The Bertz CT molecular complexity index is 1610. The molecule has 4 aromatic rings. The third-order valence-electron chi connectivity index (χ3n) is 6.65. The number of fused-ring (bicyclic) bond motifs is 1. The molecule has 1 atom stereocenters. The maximum Gasteiger partial charge on any atom is 0.295 e. The number of hydrogen-bond acceptors (Lipinski definition) is 6. The van der Waals surface area contributed by atoms with Gasteiger partial charge in [0.15, 0.2) is 0 Å². The third-order valence-corrected chi connectivity index (χ3v) is 6.65. The number of nitro groups is 1. The number of rotatable bonds is 7. The molecule has 1 fully saturated rings. The topological polar surface area (TPSA) is 126 Å². The molecule has 3 aromatic carbocycles. The van der Waals surface area contributed by atoms with Crippen LogP contribution < -0.4 is 4.74 Å². The van der Waals surface area contributed by atoms with Crippen molar-refractivity contribution in [2.24, 2.45) is 0 Å². The molecule has 1 aliphatic heterocycles. The molecule has 9 nitrogen and oxygen atoms in total. The molecule has 0 radical (unpaired) electrons. The number of halogens is 1. The van der Waals surface area contributed by atoms with Crippen molar-refractivity contribution in [3.8, 4) is 5.75 Å². The van der Waals surface area contributed by atoms with Gasteiger partial charge in [-0.1, -0.05) is 24.3 Å². The number of aliphatic hydroxyl groups excluding tert-OH is 1. The van der Waals surface area contributed by atoms with Gasteiger partial charge in [0.05, 0.1) is 23.6 Å². The first kappa shape index (κ1) is 24.7. The number of carbonyl (C=O) groups is 2. The zero-order valence-corrected chi connectivity index (χ0v) is 20.2. The van der Waals surface area contributed by atoms with Crippen LogP contribution in [0.25, 0.3) is 16.7 Å². The molecule has 1 aromatic heterocycles. The highest BCUT2D eigenvalue weighted by molar-refractivity contribution is 6.46. The van der Waals surface area contributed by atoms with E-state index in [1.54, 1.807) is 7.11 Å². The number of methoxy groups -OCH3 is 1. The van der Waals surface area contributed by atoms with Crippen LogP contribution in [0.3, 0.4) is 0 Å². The van der Waals surface area contributed by atoms with E-state index in [9.17, 15) is 29.2 Å². The van der Waals surface area contributed by atoms with E-state index in [2.05, 4.69) is 4.98 Å². The molecule has 0 aliphatic carbocycles. The molecular weight excluding hydrogens is 493 g/mol. The smallest absolute Gasteiger partial charge is 0.295 e. The van der Waals surface area contributed by atoms with Crippen LogP contribution in [-0.4, -0.2) is 45.3 Å². The van der Waals surface area contributed by atoms with Gasteiger partial charge in [-0.25, -0.2) is 4.39 Å². The Morgan fingerprint density at radius 3 is 2.61 bits per heavy atom. The number of likely N-dealkylation sites (tertiary alicyclic amines) is 1. The van der Waals surface area contributed by atoms with Crippen molar-refractivity contribution >= 4 is 34.0 Å². The Balaban J connectivity index is 1.56. The van der Waals surface area contributed by atoms with Gasteiger partial charge in [0, 0.05) is 41.3 Å². The summed E-state index contributed by atoms with van der Waals surface area (Å²) >= 11 is 0. The minimum absolute atomic E-state index is 0.0213. The molecule has 0 saturated carbocycles. The van der Waals surface area contributed by atoms with E-state index >= 15 is 0 Å². The molecule has 2 N–H and O–H groups in total. The van der Waals surface area contributed by atoms with Crippen LogP contribution in [0.15, 0.2) is 78.5 Å².